The van der Waals surface area contributed by atoms with E-state index in [-0.39, 0.29) is 18.5 Å². The van der Waals surface area contributed by atoms with Crippen LogP contribution >= 0.6 is 12.2 Å². The Balaban J connectivity index is 2.43. The van der Waals surface area contributed by atoms with Crippen LogP contribution in [0, 0.1) is 10.6 Å². The van der Waals surface area contributed by atoms with Crippen LogP contribution in [0.15, 0.2) is 30.5 Å². The monoisotopic (exact) mass is 252 g/mol. The largest absolute Gasteiger partial charge is 0.390 e. The number of aromatic nitrogens is 2. The van der Waals surface area contributed by atoms with Crippen LogP contribution < -0.4 is 0 Å². The van der Waals surface area contributed by atoms with Gasteiger partial charge in [0.15, 0.2) is 4.77 Å². The molecule has 2 rings (SSSR count). The topological polar surface area (TPSA) is 41.0 Å². The van der Waals surface area contributed by atoms with Gasteiger partial charge in [0.1, 0.15) is 5.82 Å². The Morgan fingerprint density at radius 2 is 2.06 bits per heavy atom. The minimum Gasteiger partial charge on any atom is -0.390 e. The number of rotatable bonds is 3. The summed E-state index contributed by atoms with van der Waals surface area (Å²) in [6.45, 7) is 1.87. The third kappa shape index (κ3) is 2.30. The van der Waals surface area contributed by atoms with Crippen molar-refractivity contribution in [1.82, 2.24) is 9.55 Å². The van der Waals surface area contributed by atoms with Gasteiger partial charge in [-0.15, -0.1) is 0 Å². The van der Waals surface area contributed by atoms with Crippen molar-refractivity contribution in [3.05, 3.63) is 52.3 Å². The molecule has 0 radical (unpaired) electrons. The molecule has 0 aliphatic heterocycles. The molecule has 0 saturated heterocycles. The summed E-state index contributed by atoms with van der Waals surface area (Å²) in [5, 5.41) is 9.22. The molecule has 0 spiro atoms. The fourth-order valence-electron chi connectivity index (χ4n) is 1.85. The predicted molar refractivity (Wildman–Crippen MR) is 65.8 cm³/mol. The second-order valence-electron chi connectivity index (χ2n) is 3.84. The van der Waals surface area contributed by atoms with Gasteiger partial charge >= 0.3 is 0 Å². The van der Waals surface area contributed by atoms with Crippen molar-refractivity contribution < 1.29 is 9.50 Å². The highest BCUT2D eigenvalue weighted by atomic mass is 32.1. The van der Waals surface area contributed by atoms with Gasteiger partial charge in [-0.25, -0.2) is 4.39 Å². The number of halogens is 1. The highest BCUT2D eigenvalue weighted by Gasteiger charge is 2.12. The van der Waals surface area contributed by atoms with E-state index in [1.807, 2.05) is 11.5 Å². The Hall–Kier alpha value is -1.46. The van der Waals surface area contributed by atoms with Crippen molar-refractivity contribution in [2.45, 2.75) is 19.6 Å². The molecule has 0 fully saturated rings. The Morgan fingerprint density at radius 3 is 2.65 bits per heavy atom. The first-order chi connectivity index (χ1) is 8.13. The zero-order valence-corrected chi connectivity index (χ0v) is 10.2. The molecule has 5 heteroatoms. The van der Waals surface area contributed by atoms with Crippen LogP contribution in [0.3, 0.4) is 0 Å². The van der Waals surface area contributed by atoms with Gasteiger partial charge in [-0.05, 0) is 36.8 Å². The summed E-state index contributed by atoms with van der Waals surface area (Å²) in [6.07, 6.45) is 1.68. The molecule has 0 aliphatic rings. The van der Waals surface area contributed by atoms with Crippen molar-refractivity contribution in [2.75, 3.05) is 0 Å². The zero-order valence-electron chi connectivity index (χ0n) is 9.35. The highest BCUT2D eigenvalue weighted by Crippen LogP contribution is 2.20. The molecular weight excluding hydrogens is 239 g/mol. The van der Waals surface area contributed by atoms with Gasteiger partial charge in [0, 0.05) is 6.20 Å². The van der Waals surface area contributed by atoms with E-state index in [4.69, 9.17) is 12.2 Å². The molecule has 2 aromatic rings. The third-order valence-electron chi connectivity index (χ3n) is 2.79. The molecule has 1 unspecified atom stereocenters. The highest BCUT2D eigenvalue weighted by molar-refractivity contribution is 7.71. The number of aliphatic hydroxyl groups excluding tert-OH is 1. The number of aromatic amines is 1. The van der Waals surface area contributed by atoms with E-state index in [0.717, 1.165) is 5.56 Å². The van der Waals surface area contributed by atoms with E-state index in [2.05, 4.69) is 4.98 Å². The lowest BCUT2D eigenvalue weighted by Crippen LogP contribution is -2.10. The van der Waals surface area contributed by atoms with Crippen molar-refractivity contribution >= 4 is 12.2 Å². The lowest BCUT2D eigenvalue weighted by atomic mass is 10.1. The van der Waals surface area contributed by atoms with E-state index in [1.165, 1.54) is 12.1 Å². The van der Waals surface area contributed by atoms with Crippen LogP contribution in [0.5, 0.6) is 0 Å². The lowest BCUT2D eigenvalue weighted by molar-refractivity contribution is 0.269. The maximum atomic E-state index is 12.8. The summed E-state index contributed by atoms with van der Waals surface area (Å²) in [4.78, 5) is 2.89. The molecule has 0 amide bonds. The number of aliphatic hydroxyl groups is 1. The van der Waals surface area contributed by atoms with Crippen LogP contribution in [0.4, 0.5) is 4.39 Å². The number of hydrogen-bond acceptors (Lipinski definition) is 2. The smallest absolute Gasteiger partial charge is 0.177 e. The van der Waals surface area contributed by atoms with E-state index in [1.54, 1.807) is 18.3 Å². The molecule has 1 heterocycles. The number of nitrogens with zero attached hydrogens (tertiary/aromatic N) is 1. The predicted octanol–water partition coefficient (Wildman–Crippen LogP) is 2.79. The molecule has 2 N–H and O–H groups in total. The quantitative estimate of drug-likeness (QED) is 0.825. The molecule has 1 aromatic heterocycles. The number of nitrogens with one attached hydrogen (secondary N) is 1. The Kier molecular flexibility index (Phi) is 3.40. The second-order valence-corrected chi connectivity index (χ2v) is 4.23. The van der Waals surface area contributed by atoms with E-state index < -0.39 is 0 Å². The molecule has 90 valence electrons. The molecular formula is C12H13FN2OS. The van der Waals surface area contributed by atoms with Gasteiger partial charge in [0.05, 0.1) is 18.3 Å². The third-order valence-corrected chi connectivity index (χ3v) is 3.11. The molecule has 0 saturated carbocycles. The van der Waals surface area contributed by atoms with E-state index in [9.17, 15) is 9.50 Å². The minimum atomic E-state index is -0.263. The number of benzene rings is 1. The minimum absolute atomic E-state index is 0.0449. The average molecular weight is 252 g/mol. The summed E-state index contributed by atoms with van der Waals surface area (Å²) in [7, 11) is 0. The molecule has 17 heavy (non-hydrogen) atoms. The zero-order chi connectivity index (χ0) is 12.4. The average Bonchev–Trinajstić information content (AvgIpc) is 2.70. The Morgan fingerprint density at radius 1 is 1.41 bits per heavy atom. The van der Waals surface area contributed by atoms with Crippen LogP contribution in [0.2, 0.25) is 0 Å². The molecule has 1 aromatic carbocycles. The molecule has 0 bridgehead atoms. The molecule has 1 atom stereocenters. The van der Waals surface area contributed by atoms with E-state index >= 15 is 0 Å². The standard InChI is InChI=1S/C12H13FN2OS/c1-8(9-2-4-10(13)5-3-9)15-11(7-16)6-14-12(15)17/h2-6,8,16H,7H2,1H3,(H,14,17). The SMILES string of the molecule is CC(c1ccc(F)cc1)n1c(CO)c[nH]c1=S. The van der Waals surface area contributed by atoms with Gasteiger partial charge in [-0.1, -0.05) is 12.1 Å². The fourth-order valence-corrected chi connectivity index (χ4v) is 2.19. The van der Waals surface area contributed by atoms with Gasteiger partial charge in [-0.2, -0.15) is 0 Å². The van der Waals surface area contributed by atoms with Gasteiger partial charge < -0.3 is 14.7 Å². The van der Waals surface area contributed by atoms with Crippen molar-refractivity contribution in [2.24, 2.45) is 0 Å². The van der Waals surface area contributed by atoms with Crippen LogP contribution in [0.25, 0.3) is 0 Å². The number of hydrogen-bond donors (Lipinski definition) is 2. The van der Waals surface area contributed by atoms with Crippen LogP contribution in [0.1, 0.15) is 24.2 Å². The van der Waals surface area contributed by atoms with Gasteiger partial charge in [0.2, 0.25) is 0 Å². The summed E-state index contributed by atoms with van der Waals surface area (Å²) in [5.74, 6) is -0.263. The first-order valence-electron chi connectivity index (χ1n) is 5.28. The normalized spacial score (nSPS) is 12.6. The summed E-state index contributed by atoms with van der Waals surface area (Å²) >= 11 is 5.16. The summed E-state index contributed by atoms with van der Waals surface area (Å²) < 4.78 is 15.2. The Bertz CT molecular complexity index is 559. The molecule has 0 aliphatic carbocycles. The van der Waals surface area contributed by atoms with E-state index in [0.29, 0.717) is 10.5 Å². The maximum Gasteiger partial charge on any atom is 0.177 e. The van der Waals surface area contributed by atoms with Gasteiger partial charge in [0.25, 0.3) is 0 Å². The van der Waals surface area contributed by atoms with Crippen LogP contribution in [-0.4, -0.2) is 14.7 Å². The number of H-pyrrole nitrogens is 1. The second kappa shape index (κ2) is 4.81. The van der Waals surface area contributed by atoms with Crippen molar-refractivity contribution in [3.63, 3.8) is 0 Å². The first kappa shape index (κ1) is 12.0. The molecule has 3 nitrogen and oxygen atoms in total. The maximum absolute atomic E-state index is 12.8. The fraction of sp³-hybridized carbons (Fsp3) is 0.250. The van der Waals surface area contributed by atoms with Crippen LogP contribution in [-0.2, 0) is 6.61 Å². The summed E-state index contributed by atoms with van der Waals surface area (Å²) in [5.41, 5.74) is 1.66. The lowest BCUT2D eigenvalue weighted by Gasteiger charge is -2.16. The van der Waals surface area contributed by atoms with Crippen molar-refractivity contribution in [1.29, 1.82) is 0 Å². The van der Waals surface area contributed by atoms with Crippen molar-refractivity contribution in [3.8, 4) is 0 Å². The Labute approximate surface area is 104 Å². The number of imidazole rings is 1. The summed E-state index contributed by atoms with van der Waals surface area (Å²) in [6, 6.07) is 6.23. The van der Waals surface area contributed by atoms with Gasteiger partial charge in [-0.3, -0.25) is 0 Å². The first-order valence-corrected chi connectivity index (χ1v) is 5.69.